The molecule has 0 aliphatic carbocycles. The van der Waals surface area contributed by atoms with Crippen LogP contribution in [0, 0.1) is 0 Å². The minimum absolute atomic E-state index is 0.0200. The molecule has 0 amide bonds. The number of hydrogen-bond donors (Lipinski definition) is 1. The number of ether oxygens (including phenoxy) is 1. The lowest BCUT2D eigenvalue weighted by Crippen LogP contribution is -2.21. The van der Waals surface area contributed by atoms with Crippen molar-refractivity contribution in [2.24, 2.45) is 0 Å². The van der Waals surface area contributed by atoms with Gasteiger partial charge in [0.1, 0.15) is 0 Å². The van der Waals surface area contributed by atoms with Crippen LogP contribution in [0.2, 0.25) is 0 Å². The molecule has 0 saturated carbocycles. The SMILES string of the molecule is CCOC(=O)CCC(CC)S(=O)(=O)O. The summed E-state index contributed by atoms with van der Waals surface area (Å²) in [7, 11) is -4.03. The minimum Gasteiger partial charge on any atom is -0.466 e. The first-order chi connectivity index (χ1) is 6.41. The van der Waals surface area contributed by atoms with Gasteiger partial charge in [0.2, 0.25) is 0 Å². The maximum atomic E-state index is 10.9. The van der Waals surface area contributed by atoms with Crippen molar-refractivity contribution in [2.45, 2.75) is 38.4 Å². The van der Waals surface area contributed by atoms with Gasteiger partial charge in [0.15, 0.2) is 0 Å². The zero-order chi connectivity index (χ0) is 11.2. The molecule has 1 atom stereocenters. The van der Waals surface area contributed by atoms with E-state index in [0.29, 0.717) is 0 Å². The summed E-state index contributed by atoms with van der Waals surface area (Å²) in [6.45, 7) is 3.60. The molecule has 0 aromatic heterocycles. The number of carbonyl (C=O) groups is 1. The molecule has 0 aliphatic rings. The summed E-state index contributed by atoms with van der Waals surface area (Å²) >= 11 is 0. The second kappa shape index (κ2) is 5.98. The Bertz CT molecular complexity index is 269. The fourth-order valence-electron chi connectivity index (χ4n) is 1.08. The predicted molar refractivity (Wildman–Crippen MR) is 51.5 cm³/mol. The van der Waals surface area contributed by atoms with E-state index in [2.05, 4.69) is 4.74 Å². The molecular weight excluding hydrogens is 208 g/mol. The lowest BCUT2D eigenvalue weighted by atomic mass is 10.2. The van der Waals surface area contributed by atoms with Crippen molar-refractivity contribution in [1.82, 2.24) is 0 Å². The Labute approximate surface area is 84.2 Å². The van der Waals surface area contributed by atoms with Crippen LogP contribution in [-0.2, 0) is 19.6 Å². The molecule has 0 fully saturated rings. The first kappa shape index (κ1) is 13.4. The normalized spacial score (nSPS) is 13.6. The highest BCUT2D eigenvalue weighted by Crippen LogP contribution is 2.11. The van der Waals surface area contributed by atoms with Gasteiger partial charge in [-0.2, -0.15) is 8.42 Å². The highest BCUT2D eigenvalue weighted by atomic mass is 32.2. The van der Waals surface area contributed by atoms with Crippen LogP contribution in [0.4, 0.5) is 0 Å². The molecule has 0 spiro atoms. The summed E-state index contributed by atoms with van der Waals surface area (Å²) < 4.78 is 34.8. The van der Waals surface area contributed by atoms with E-state index in [0.717, 1.165) is 0 Å². The van der Waals surface area contributed by atoms with Crippen LogP contribution in [0.1, 0.15) is 33.1 Å². The molecule has 0 heterocycles. The molecular formula is C8H16O5S. The van der Waals surface area contributed by atoms with E-state index in [4.69, 9.17) is 4.55 Å². The molecule has 14 heavy (non-hydrogen) atoms. The summed E-state index contributed by atoms with van der Waals surface area (Å²) in [6, 6.07) is 0. The van der Waals surface area contributed by atoms with Gasteiger partial charge in [-0.3, -0.25) is 9.35 Å². The van der Waals surface area contributed by atoms with Gasteiger partial charge in [-0.25, -0.2) is 0 Å². The first-order valence-corrected chi connectivity index (χ1v) is 6.04. The zero-order valence-electron chi connectivity index (χ0n) is 8.39. The Hall–Kier alpha value is -0.620. The Morgan fingerprint density at radius 2 is 2.00 bits per heavy atom. The monoisotopic (exact) mass is 224 g/mol. The van der Waals surface area contributed by atoms with Crippen LogP contribution >= 0.6 is 0 Å². The summed E-state index contributed by atoms with van der Waals surface area (Å²) in [5.41, 5.74) is 0. The third kappa shape index (κ3) is 5.18. The number of carbonyl (C=O) groups excluding carboxylic acids is 1. The standard InChI is InChI=1S/C8H16O5S/c1-3-7(14(10,11)12)5-6-8(9)13-4-2/h7H,3-6H2,1-2H3,(H,10,11,12). The van der Waals surface area contributed by atoms with Crippen LogP contribution in [0.25, 0.3) is 0 Å². The summed E-state index contributed by atoms with van der Waals surface area (Å²) in [5, 5.41) is -0.869. The maximum absolute atomic E-state index is 10.9. The average molecular weight is 224 g/mol. The number of rotatable bonds is 6. The van der Waals surface area contributed by atoms with Gasteiger partial charge in [0.05, 0.1) is 11.9 Å². The zero-order valence-corrected chi connectivity index (χ0v) is 9.21. The second-order valence-electron chi connectivity index (χ2n) is 2.89. The fourth-order valence-corrected chi connectivity index (χ4v) is 1.91. The molecule has 0 aromatic carbocycles. The fraction of sp³-hybridized carbons (Fsp3) is 0.875. The van der Waals surface area contributed by atoms with Gasteiger partial charge in [0.25, 0.3) is 10.1 Å². The Kier molecular flexibility index (Phi) is 5.71. The van der Waals surface area contributed by atoms with Crippen LogP contribution in [0.5, 0.6) is 0 Å². The van der Waals surface area contributed by atoms with Gasteiger partial charge in [-0.05, 0) is 19.8 Å². The van der Waals surface area contributed by atoms with Crippen molar-refractivity contribution in [3.8, 4) is 0 Å². The van der Waals surface area contributed by atoms with Crippen molar-refractivity contribution in [3.63, 3.8) is 0 Å². The Morgan fingerprint density at radius 1 is 1.43 bits per heavy atom. The first-order valence-electron chi connectivity index (χ1n) is 4.53. The third-order valence-electron chi connectivity index (χ3n) is 1.85. The van der Waals surface area contributed by atoms with E-state index in [1.807, 2.05) is 0 Å². The van der Waals surface area contributed by atoms with Crippen LogP contribution in [-0.4, -0.2) is 30.8 Å². The molecule has 0 aromatic rings. The Balaban J connectivity index is 4.04. The van der Waals surface area contributed by atoms with Crippen molar-refractivity contribution in [1.29, 1.82) is 0 Å². The molecule has 84 valence electrons. The molecule has 0 bridgehead atoms. The van der Waals surface area contributed by atoms with E-state index in [9.17, 15) is 13.2 Å². The second-order valence-corrected chi connectivity index (χ2v) is 4.59. The lowest BCUT2D eigenvalue weighted by molar-refractivity contribution is -0.143. The highest BCUT2D eigenvalue weighted by Gasteiger charge is 2.21. The van der Waals surface area contributed by atoms with E-state index >= 15 is 0 Å². The predicted octanol–water partition coefficient (Wildman–Crippen LogP) is 0.996. The third-order valence-corrected chi connectivity index (χ3v) is 3.26. The molecule has 6 heteroatoms. The molecule has 0 aliphatic heterocycles. The van der Waals surface area contributed by atoms with Crippen LogP contribution in [0.3, 0.4) is 0 Å². The largest absolute Gasteiger partial charge is 0.466 e. The van der Waals surface area contributed by atoms with Crippen LogP contribution < -0.4 is 0 Å². The van der Waals surface area contributed by atoms with Gasteiger partial charge < -0.3 is 4.74 Å². The summed E-state index contributed by atoms with van der Waals surface area (Å²) in [4.78, 5) is 10.9. The van der Waals surface area contributed by atoms with Crippen molar-refractivity contribution < 1.29 is 22.5 Å². The number of esters is 1. The quantitative estimate of drug-likeness (QED) is 0.537. The number of hydrogen-bond acceptors (Lipinski definition) is 4. The smallest absolute Gasteiger partial charge is 0.305 e. The topological polar surface area (TPSA) is 80.7 Å². The molecule has 0 radical (unpaired) electrons. The van der Waals surface area contributed by atoms with E-state index in [1.54, 1.807) is 13.8 Å². The average Bonchev–Trinajstić information content (AvgIpc) is 2.03. The lowest BCUT2D eigenvalue weighted by Gasteiger charge is -2.10. The van der Waals surface area contributed by atoms with E-state index in [-0.39, 0.29) is 25.9 Å². The van der Waals surface area contributed by atoms with E-state index < -0.39 is 21.3 Å². The van der Waals surface area contributed by atoms with Crippen LogP contribution in [0.15, 0.2) is 0 Å². The summed E-state index contributed by atoms with van der Waals surface area (Å²) in [5.74, 6) is -0.436. The van der Waals surface area contributed by atoms with Crippen molar-refractivity contribution in [2.75, 3.05) is 6.61 Å². The van der Waals surface area contributed by atoms with Gasteiger partial charge in [-0.1, -0.05) is 6.92 Å². The molecule has 1 N–H and O–H groups in total. The van der Waals surface area contributed by atoms with Gasteiger partial charge >= 0.3 is 5.97 Å². The molecule has 0 rings (SSSR count). The maximum Gasteiger partial charge on any atom is 0.305 e. The highest BCUT2D eigenvalue weighted by molar-refractivity contribution is 7.86. The van der Waals surface area contributed by atoms with Gasteiger partial charge in [0, 0.05) is 6.42 Å². The molecule has 1 unspecified atom stereocenters. The minimum atomic E-state index is -4.03. The Morgan fingerprint density at radius 3 is 2.36 bits per heavy atom. The van der Waals surface area contributed by atoms with Crippen molar-refractivity contribution in [3.05, 3.63) is 0 Å². The summed E-state index contributed by atoms with van der Waals surface area (Å²) in [6.07, 6.45) is 0.415. The van der Waals surface area contributed by atoms with Crippen molar-refractivity contribution >= 4 is 16.1 Å². The molecule has 0 saturated heterocycles. The van der Waals surface area contributed by atoms with E-state index in [1.165, 1.54) is 0 Å². The van der Waals surface area contributed by atoms with Gasteiger partial charge in [-0.15, -0.1) is 0 Å². The molecule has 5 nitrogen and oxygen atoms in total.